The van der Waals surface area contributed by atoms with Gasteiger partial charge in [-0.25, -0.2) is 9.37 Å². The Morgan fingerprint density at radius 2 is 2.04 bits per heavy atom. The summed E-state index contributed by atoms with van der Waals surface area (Å²) in [7, 11) is 0. The second kappa shape index (κ2) is 8.19. The number of nitrogens with one attached hydrogen (secondary N) is 1. The van der Waals surface area contributed by atoms with E-state index in [9.17, 15) is 9.18 Å². The summed E-state index contributed by atoms with van der Waals surface area (Å²) in [6, 6.07) is 10.3. The van der Waals surface area contributed by atoms with Crippen molar-refractivity contribution in [1.29, 1.82) is 0 Å². The van der Waals surface area contributed by atoms with Gasteiger partial charge in [-0.15, -0.1) is 11.3 Å². The van der Waals surface area contributed by atoms with Crippen LogP contribution in [0.3, 0.4) is 0 Å². The predicted molar refractivity (Wildman–Crippen MR) is 102 cm³/mol. The van der Waals surface area contributed by atoms with Gasteiger partial charge in [0.1, 0.15) is 15.7 Å². The van der Waals surface area contributed by atoms with Crippen molar-refractivity contribution in [1.82, 2.24) is 15.3 Å². The SMILES string of the molecule is Cc1nc(-c2cccnc2)sc1C(=O)NC(C)CCc1ccc(F)cc1. The average molecular weight is 369 g/mol. The van der Waals surface area contributed by atoms with Crippen molar-refractivity contribution in [3.05, 3.63) is 70.7 Å². The van der Waals surface area contributed by atoms with Crippen LogP contribution in [-0.4, -0.2) is 21.9 Å². The first-order valence-corrected chi connectivity index (χ1v) is 9.27. The van der Waals surface area contributed by atoms with Crippen LogP contribution < -0.4 is 5.32 Å². The lowest BCUT2D eigenvalue weighted by atomic mass is 10.1. The van der Waals surface area contributed by atoms with E-state index in [0.717, 1.165) is 34.7 Å². The zero-order valence-electron chi connectivity index (χ0n) is 14.7. The molecule has 134 valence electrons. The van der Waals surface area contributed by atoms with Gasteiger partial charge in [-0.3, -0.25) is 9.78 Å². The van der Waals surface area contributed by atoms with Crippen molar-refractivity contribution in [2.75, 3.05) is 0 Å². The molecular weight excluding hydrogens is 349 g/mol. The number of halogens is 1. The van der Waals surface area contributed by atoms with Crippen LogP contribution >= 0.6 is 11.3 Å². The molecule has 1 atom stereocenters. The summed E-state index contributed by atoms with van der Waals surface area (Å²) in [5, 5.41) is 3.82. The van der Waals surface area contributed by atoms with Gasteiger partial charge < -0.3 is 5.32 Å². The number of rotatable bonds is 6. The van der Waals surface area contributed by atoms with Crippen LogP contribution in [0, 0.1) is 12.7 Å². The van der Waals surface area contributed by atoms with Crippen molar-refractivity contribution in [3.8, 4) is 10.6 Å². The van der Waals surface area contributed by atoms with Crippen LogP contribution in [0.25, 0.3) is 10.6 Å². The first kappa shape index (κ1) is 18.2. The molecule has 6 heteroatoms. The molecule has 1 N–H and O–H groups in total. The minimum atomic E-state index is -0.236. The Kier molecular flexibility index (Phi) is 5.73. The van der Waals surface area contributed by atoms with Gasteiger partial charge in [0, 0.05) is 24.0 Å². The number of carbonyl (C=O) groups excluding carboxylic acids is 1. The number of carbonyl (C=O) groups is 1. The van der Waals surface area contributed by atoms with Crippen LogP contribution in [-0.2, 0) is 6.42 Å². The Morgan fingerprint density at radius 3 is 2.73 bits per heavy atom. The minimum Gasteiger partial charge on any atom is -0.349 e. The third-order valence-electron chi connectivity index (χ3n) is 4.07. The largest absolute Gasteiger partial charge is 0.349 e. The van der Waals surface area contributed by atoms with Crippen LogP contribution in [0.1, 0.15) is 34.3 Å². The number of hydrogen-bond donors (Lipinski definition) is 1. The van der Waals surface area contributed by atoms with Gasteiger partial charge in [0.15, 0.2) is 0 Å². The van der Waals surface area contributed by atoms with Gasteiger partial charge in [0.05, 0.1) is 5.69 Å². The van der Waals surface area contributed by atoms with Crippen molar-refractivity contribution in [2.45, 2.75) is 32.7 Å². The molecule has 4 nitrogen and oxygen atoms in total. The molecule has 0 aliphatic carbocycles. The van der Waals surface area contributed by atoms with E-state index in [4.69, 9.17) is 0 Å². The molecule has 2 heterocycles. The fourth-order valence-corrected chi connectivity index (χ4v) is 3.58. The molecule has 0 aliphatic heterocycles. The van der Waals surface area contributed by atoms with Gasteiger partial charge in [-0.1, -0.05) is 12.1 Å². The number of benzene rings is 1. The van der Waals surface area contributed by atoms with E-state index < -0.39 is 0 Å². The zero-order valence-corrected chi connectivity index (χ0v) is 15.5. The molecule has 0 fully saturated rings. The van der Waals surface area contributed by atoms with Gasteiger partial charge in [0.25, 0.3) is 5.91 Å². The maximum absolute atomic E-state index is 12.9. The van der Waals surface area contributed by atoms with Crippen LogP contribution in [0.15, 0.2) is 48.8 Å². The molecule has 26 heavy (non-hydrogen) atoms. The smallest absolute Gasteiger partial charge is 0.263 e. The number of amides is 1. The molecule has 0 spiro atoms. The molecule has 1 unspecified atom stereocenters. The summed E-state index contributed by atoms with van der Waals surface area (Å²) in [5.41, 5.74) is 2.68. The fraction of sp³-hybridized carbons (Fsp3) is 0.250. The van der Waals surface area contributed by atoms with Crippen molar-refractivity contribution in [3.63, 3.8) is 0 Å². The molecule has 0 radical (unpaired) electrons. The molecule has 1 aromatic carbocycles. The van der Waals surface area contributed by atoms with E-state index in [0.29, 0.717) is 4.88 Å². The summed E-state index contributed by atoms with van der Waals surface area (Å²) in [4.78, 5) is 21.8. The standard InChI is InChI=1S/C20H20FN3OS/c1-13(5-6-15-7-9-17(21)10-8-15)23-19(25)18-14(2)24-20(26-18)16-4-3-11-22-12-16/h3-4,7-13H,5-6H2,1-2H3,(H,23,25). The average Bonchev–Trinajstić information content (AvgIpc) is 3.04. The zero-order chi connectivity index (χ0) is 18.5. The number of aromatic nitrogens is 2. The quantitative estimate of drug-likeness (QED) is 0.700. The molecule has 2 aromatic heterocycles. The lowest BCUT2D eigenvalue weighted by Gasteiger charge is -2.13. The van der Waals surface area contributed by atoms with Crippen molar-refractivity contribution >= 4 is 17.2 Å². The van der Waals surface area contributed by atoms with E-state index in [1.807, 2.05) is 26.0 Å². The van der Waals surface area contributed by atoms with Gasteiger partial charge in [0.2, 0.25) is 0 Å². The summed E-state index contributed by atoms with van der Waals surface area (Å²) in [5.74, 6) is -0.345. The molecule has 0 aliphatic rings. The molecule has 1 amide bonds. The highest BCUT2D eigenvalue weighted by atomic mass is 32.1. The Bertz CT molecular complexity index is 878. The van der Waals surface area contributed by atoms with E-state index in [2.05, 4.69) is 15.3 Å². The molecular formula is C20H20FN3OS. The highest BCUT2D eigenvalue weighted by molar-refractivity contribution is 7.17. The third-order valence-corrected chi connectivity index (χ3v) is 5.27. The van der Waals surface area contributed by atoms with Gasteiger partial charge in [-0.05, 0) is 56.5 Å². The summed E-state index contributed by atoms with van der Waals surface area (Å²) < 4.78 is 12.9. The van der Waals surface area contributed by atoms with Crippen molar-refractivity contribution < 1.29 is 9.18 Å². The van der Waals surface area contributed by atoms with E-state index in [1.165, 1.54) is 23.5 Å². The lowest BCUT2D eigenvalue weighted by molar-refractivity contribution is 0.0942. The van der Waals surface area contributed by atoms with Crippen LogP contribution in [0.4, 0.5) is 4.39 Å². The maximum Gasteiger partial charge on any atom is 0.263 e. The predicted octanol–water partition coefficient (Wildman–Crippen LogP) is 4.40. The Hall–Kier alpha value is -2.60. The van der Waals surface area contributed by atoms with Gasteiger partial charge >= 0.3 is 0 Å². The third kappa shape index (κ3) is 4.52. The van der Waals surface area contributed by atoms with E-state index in [-0.39, 0.29) is 17.8 Å². The second-order valence-electron chi connectivity index (χ2n) is 6.21. The molecule has 3 rings (SSSR count). The van der Waals surface area contributed by atoms with Crippen LogP contribution in [0.2, 0.25) is 0 Å². The molecule has 0 bridgehead atoms. The van der Waals surface area contributed by atoms with Crippen LogP contribution in [0.5, 0.6) is 0 Å². The number of pyridine rings is 1. The Morgan fingerprint density at radius 1 is 1.27 bits per heavy atom. The van der Waals surface area contributed by atoms with Crippen molar-refractivity contribution in [2.24, 2.45) is 0 Å². The molecule has 0 saturated carbocycles. The number of thiazole rings is 1. The lowest BCUT2D eigenvalue weighted by Crippen LogP contribution is -2.32. The summed E-state index contributed by atoms with van der Waals surface area (Å²) >= 11 is 1.37. The van der Waals surface area contributed by atoms with E-state index in [1.54, 1.807) is 24.5 Å². The Labute approximate surface area is 156 Å². The molecule has 0 saturated heterocycles. The maximum atomic E-state index is 12.9. The number of nitrogens with zero attached hydrogens (tertiary/aromatic N) is 2. The second-order valence-corrected chi connectivity index (χ2v) is 7.21. The van der Waals surface area contributed by atoms with Gasteiger partial charge in [-0.2, -0.15) is 0 Å². The minimum absolute atomic E-state index is 0.0101. The number of hydrogen-bond acceptors (Lipinski definition) is 4. The topological polar surface area (TPSA) is 54.9 Å². The fourth-order valence-electron chi connectivity index (χ4n) is 2.62. The highest BCUT2D eigenvalue weighted by Crippen LogP contribution is 2.27. The first-order valence-electron chi connectivity index (χ1n) is 8.46. The first-order chi connectivity index (χ1) is 12.5. The summed E-state index contributed by atoms with van der Waals surface area (Å²) in [6.07, 6.45) is 5.01. The molecule has 3 aromatic rings. The van der Waals surface area contributed by atoms with E-state index >= 15 is 0 Å². The Balaban J connectivity index is 1.60. The normalized spacial score (nSPS) is 12.0. The monoisotopic (exact) mass is 369 g/mol. The summed E-state index contributed by atoms with van der Waals surface area (Å²) in [6.45, 7) is 3.81. The number of aryl methyl sites for hydroxylation is 2. The highest BCUT2D eigenvalue weighted by Gasteiger charge is 2.18.